The van der Waals surface area contributed by atoms with Gasteiger partial charge in [-0.1, -0.05) is 30.7 Å². The number of benzene rings is 1. The third-order valence-electron chi connectivity index (χ3n) is 4.34. The van der Waals surface area contributed by atoms with Crippen molar-refractivity contribution in [2.24, 2.45) is 5.92 Å². The number of carbonyl (C=O) groups is 1. The van der Waals surface area contributed by atoms with Crippen LogP contribution >= 0.6 is 23.1 Å². The monoisotopic (exact) mass is 378 g/mol. The fraction of sp³-hybridized carbons (Fsp3) is 0.500. The molecular weight excluding hydrogens is 356 g/mol. The fourth-order valence-corrected chi connectivity index (χ4v) is 3.83. The molecular formula is C18H23ClN4OS. The molecule has 134 valence electrons. The molecule has 5 nitrogen and oxygen atoms in total. The molecule has 1 aliphatic heterocycles. The van der Waals surface area contributed by atoms with E-state index in [1.165, 1.54) is 11.5 Å². The van der Waals surface area contributed by atoms with E-state index >= 15 is 0 Å². The Labute approximate surface area is 157 Å². The van der Waals surface area contributed by atoms with Crippen LogP contribution in [0.25, 0.3) is 0 Å². The van der Waals surface area contributed by atoms with Crippen molar-refractivity contribution >= 4 is 34.2 Å². The second-order valence-corrected chi connectivity index (χ2v) is 7.54. The van der Waals surface area contributed by atoms with Gasteiger partial charge in [-0.3, -0.25) is 4.79 Å². The molecule has 1 aromatic heterocycles. The van der Waals surface area contributed by atoms with E-state index in [0.29, 0.717) is 6.42 Å². The van der Waals surface area contributed by atoms with Gasteiger partial charge in [0.25, 0.3) is 0 Å². The molecule has 7 heteroatoms. The largest absolute Gasteiger partial charge is 0.356 e. The first-order valence-electron chi connectivity index (χ1n) is 8.75. The first-order valence-corrected chi connectivity index (χ1v) is 9.90. The normalized spacial score (nSPS) is 17.5. The summed E-state index contributed by atoms with van der Waals surface area (Å²) in [7, 11) is 0. The summed E-state index contributed by atoms with van der Waals surface area (Å²) in [5.74, 6) is 1.03. The van der Waals surface area contributed by atoms with Gasteiger partial charge in [0.05, 0.1) is 5.92 Å². The average molecular weight is 379 g/mol. The number of carbonyl (C=O) groups excluding carboxylic acids is 1. The van der Waals surface area contributed by atoms with Gasteiger partial charge in [0, 0.05) is 42.6 Å². The van der Waals surface area contributed by atoms with Crippen molar-refractivity contribution in [3.63, 3.8) is 0 Å². The molecule has 1 fully saturated rings. The molecule has 1 atom stereocenters. The number of hydrogen-bond acceptors (Lipinski definition) is 5. The first kappa shape index (κ1) is 18.1. The zero-order valence-corrected chi connectivity index (χ0v) is 15.9. The van der Waals surface area contributed by atoms with E-state index in [9.17, 15) is 4.79 Å². The SMILES string of the molecule is CCCNC(=O)C1CCCN(c2nc(Cc3ccc(Cl)cc3)ns2)C1. The van der Waals surface area contributed by atoms with E-state index in [1.54, 1.807) is 0 Å². The Hall–Kier alpha value is -1.66. The van der Waals surface area contributed by atoms with Gasteiger partial charge in [-0.15, -0.1) is 0 Å². The lowest BCUT2D eigenvalue weighted by Crippen LogP contribution is -2.43. The van der Waals surface area contributed by atoms with Crippen molar-refractivity contribution in [1.29, 1.82) is 0 Å². The highest BCUT2D eigenvalue weighted by atomic mass is 35.5. The van der Waals surface area contributed by atoms with Crippen LogP contribution < -0.4 is 10.2 Å². The molecule has 3 rings (SSSR count). The van der Waals surface area contributed by atoms with Crippen LogP contribution in [0.1, 0.15) is 37.6 Å². The lowest BCUT2D eigenvalue weighted by molar-refractivity contribution is -0.125. The minimum atomic E-state index is 0.0453. The number of piperidine rings is 1. The van der Waals surface area contributed by atoms with E-state index in [2.05, 4.69) is 26.5 Å². The van der Waals surface area contributed by atoms with Crippen molar-refractivity contribution in [1.82, 2.24) is 14.7 Å². The topological polar surface area (TPSA) is 58.1 Å². The fourth-order valence-electron chi connectivity index (χ4n) is 2.99. The molecule has 2 aromatic rings. The maximum Gasteiger partial charge on any atom is 0.224 e. The van der Waals surface area contributed by atoms with Gasteiger partial charge in [-0.2, -0.15) is 4.37 Å². The number of amides is 1. The molecule has 25 heavy (non-hydrogen) atoms. The Kier molecular flexibility index (Phi) is 6.26. The Bertz CT molecular complexity index is 703. The molecule has 2 heterocycles. The number of nitrogens with zero attached hydrogens (tertiary/aromatic N) is 3. The molecule has 0 radical (unpaired) electrons. The highest BCUT2D eigenvalue weighted by molar-refractivity contribution is 7.09. The summed E-state index contributed by atoms with van der Waals surface area (Å²) in [4.78, 5) is 19.1. The second kappa shape index (κ2) is 8.63. The van der Waals surface area contributed by atoms with Crippen molar-refractivity contribution in [3.05, 3.63) is 40.7 Å². The van der Waals surface area contributed by atoms with E-state index in [4.69, 9.17) is 11.6 Å². The molecule has 1 saturated heterocycles. The summed E-state index contributed by atoms with van der Waals surface area (Å²) in [5.41, 5.74) is 1.14. The number of halogens is 1. The lowest BCUT2D eigenvalue weighted by Gasteiger charge is -2.31. The van der Waals surface area contributed by atoms with Gasteiger partial charge in [0.2, 0.25) is 11.0 Å². The van der Waals surface area contributed by atoms with Gasteiger partial charge in [0.15, 0.2) is 0 Å². The molecule has 0 bridgehead atoms. The maximum absolute atomic E-state index is 12.2. The number of aromatic nitrogens is 2. The van der Waals surface area contributed by atoms with Crippen LogP contribution in [0.3, 0.4) is 0 Å². The van der Waals surface area contributed by atoms with E-state index in [1.807, 2.05) is 24.3 Å². The zero-order valence-electron chi connectivity index (χ0n) is 14.4. The van der Waals surface area contributed by atoms with E-state index < -0.39 is 0 Å². The van der Waals surface area contributed by atoms with Gasteiger partial charge in [0.1, 0.15) is 5.82 Å². The van der Waals surface area contributed by atoms with Crippen LogP contribution in [-0.4, -0.2) is 34.9 Å². The number of nitrogens with one attached hydrogen (secondary N) is 1. The minimum Gasteiger partial charge on any atom is -0.356 e. The highest BCUT2D eigenvalue weighted by Crippen LogP contribution is 2.25. The standard InChI is InChI=1S/C18H23ClN4OS/c1-2-9-20-17(24)14-4-3-10-23(12-14)18-21-16(22-25-18)11-13-5-7-15(19)8-6-13/h5-8,14H,2-4,9-12H2,1H3,(H,20,24). The molecule has 0 saturated carbocycles. The number of hydrogen-bond donors (Lipinski definition) is 1. The zero-order chi connectivity index (χ0) is 17.6. The van der Waals surface area contributed by atoms with Crippen LogP contribution in [0.15, 0.2) is 24.3 Å². The summed E-state index contributed by atoms with van der Waals surface area (Å²) in [6, 6.07) is 7.76. The molecule has 1 amide bonds. The molecule has 1 unspecified atom stereocenters. The highest BCUT2D eigenvalue weighted by Gasteiger charge is 2.27. The molecule has 0 spiro atoms. The van der Waals surface area contributed by atoms with Crippen LogP contribution in [0.5, 0.6) is 0 Å². The predicted octanol–water partition coefficient (Wildman–Crippen LogP) is 3.52. The van der Waals surface area contributed by atoms with Crippen LogP contribution in [0.4, 0.5) is 5.13 Å². The van der Waals surface area contributed by atoms with Gasteiger partial charge in [-0.05, 0) is 37.0 Å². The predicted molar refractivity (Wildman–Crippen MR) is 102 cm³/mol. The summed E-state index contributed by atoms with van der Waals surface area (Å²) >= 11 is 7.34. The average Bonchev–Trinajstić information content (AvgIpc) is 3.10. The number of rotatable bonds is 6. The van der Waals surface area contributed by atoms with Gasteiger partial charge < -0.3 is 10.2 Å². The molecule has 1 N–H and O–H groups in total. The Balaban J connectivity index is 1.61. The van der Waals surface area contributed by atoms with Crippen molar-refractivity contribution in [3.8, 4) is 0 Å². The summed E-state index contributed by atoms with van der Waals surface area (Å²) in [6.45, 7) is 4.48. The summed E-state index contributed by atoms with van der Waals surface area (Å²) < 4.78 is 4.48. The van der Waals surface area contributed by atoms with E-state index in [0.717, 1.165) is 60.4 Å². The smallest absolute Gasteiger partial charge is 0.224 e. The molecule has 1 aliphatic rings. The van der Waals surface area contributed by atoms with Crippen molar-refractivity contribution in [2.45, 2.75) is 32.6 Å². The Morgan fingerprint density at radius 1 is 1.40 bits per heavy atom. The third-order valence-corrected chi connectivity index (χ3v) is 5.41. The molecule has 1 aromatic carbocycles. The van der Waals surface area contributed by atoms with Crippen molar-refractivity contribution < 1.29 is 4.79 Å². The van der Waals surface area contributed by atoms with Gasteiger partial charge in [-0.25, -0.2) is 4.98 Å². The van der Waals surface area contributed by atoms with Crippen LogP contribution in [0.2, 0.25) is 5.02 Å². The van der Waals surface area contributed by atoms with Gasteiger partial charge >= 0.3 is 0 Å². The second-order valence-electron chi connectivity index (χ2n) is 6.37. The Morgan fingerprint density at radius 2 is 2.20 bits per heavy atom. The Morgan fingerprint density at radius 3 is 2.96 bits per heavy atom. The maximum atomic E-state index is 12.2. The summed E-state index contributed by atoms with van der Waals surface area (Å²) in [6.07, 6.45) is 3.62. The third kappa shape index (κ3) is 4.92. The van der Waals surface area contributed by atoms with Crippen molar-refractivity contribution in [2.75, 3.05) is 24.5 Å². The van der Waals surface area contributed by atoms with E-state index in [-0.39, 0.29) is 11.8 Å². The van der Waals surface area contributed by atoms with Crippen LogP contribution in [0, 0.1) is 5.92 Å². The summed E-state index contributed by atoms with van der Waals surface area (Å²) in [5, 5.41) is 4.65. The molecule has 0 aliphatic carbocycles. The number of anilines is 1. The quantitative estimate of drug-likeness (QED) is 0.835. The lowest BCUT2D eigenvalue weighted by atomic mass is 9.97. The first-order chi connectivity index (χ1) is 12.2. The van der Waals surface area contributed by atoms with Crippen LogP contribution in [-0.2, 0) is 11.2 Å². The minimum absolute atomic E-state index is 0.0453.